The lowest BCUT2D eigenvalue weighted by Gasteiger charge is -1.98. The number of hydrogen-bond acceptors (Lipinski definition) is 0. The largest absolute Gasteiger partial charge is 0.0885 e. The van der Waals surface area contributed by atoms with E-state index in [1.807, 2.05) is 0 Å². The molecule has 0 spiro atoms. The van der Waals surface area contributed by atoms with Gasteiger partial charge in [0, 0.05) is 0 Å². The van der Waals surface area contributed by atoms with Crippen LogP contribution in [-0.4, -0.2) is 0 Å². The molecule has 0 bridgehead atoms. The maximum absolute atomic E-state index is 2.24. The van der Waals surface area contributed by atoms with Crippen LogP contribution in [0.4, 0.5) is 0 Å². The van der Waals surface area contributed by atoms with Gasteiger partial charge >= 0.3 is 0 Å². The molecular formula is C18H18. The molecule has 0 unspecified atom stereocenters. The highest BCUT2D eigenvalue weighted by Gasteiger charge is 2.15. The van der Waals surface area contributed by atoms with Crippen LogP contribution in [0.3, 0.4) is 0 Å². The Morgan fingerprint density at radius 2 is 1.11 bits per heavy atom. The van der Waals surface area contributed by atoms with Gasteiger partial charge in [0.15, 0.2) is 0 Å². The van der Waals surface area contributed by atoms with Crippen LogP contribution in [0.15, 0.2) is 60.7 Å². The van der Waals surface area contributed by atoms with Gasteiger partial charge in [0.05, 0.1) is 0 Å². The maximum atomic E-state index is 2.24. The minimum Gasteiger partial charge on any atom is -0.0885 e. The van der Waals surface area contributed by atoms with Crippen molar-refractivity contribution in [2.75, 3.05) is 0 Å². The van der Waals surface area contributed by atoms with E-state index in [-0.39, 0.29) is 0 Å². The van der Waals surface area contributed by atoms with Gasteiger partial charge in [-0.3, -0.25) is 0 Å². The summed E-state index contributed by atoms with van der Waals surface area (Å²) in [6.45, 7) is 0. The average molecular weight is 234 g/mol. The smallest absolute Gasteiger partial charge is 0.00135 e. The molecule has 2 aliphatic carbocycles. The quantitative estimate of drug-likeness (QED) is 0.481. The Hall–Kier alpha value is -1.82. The highest BCUT2D eigenvalue weighted by molar-refractivity contribution is 5.76. The normalized spacial score (nSPS) is 14.7. The molecule has 4 rings (SSSR count). The molecule has 0 saturated carbocycles. The molecule has 0 heterocycles. The van der Waals surface area contributed by atoms with Crippen LogP contribution in [0.25, 0.3) is 11.1 Å². The molecule has 0 fully saturated rings. The molecule has 0 heteroatoms. The molecule has 0 N–H and O–H groups in total. The van der Waals surface area contributed by atoms with Crippen LogP contribution in [0, 0.1) is 0 Å². The van der Waals surface area contributed by atoms with Gasteiger partial charge in [-0.05, 0) is 47.9 Å². The van der Waals surface area contributed by atoms with Crippen LogP contribution in [0.2, 0.25) is 0 Å². The van der Waals surface area contributed by atoms with E-state index in [0.717, 1.165) is 6.42 Å². The Morgan fingerprint density at radius 1 is 0.611 bits per heavy atom. The summed E-state index contributed by atoms with van der Waals surface area (Å²) < 4.78 is 0. The first-order chi connectivity index (χ1) is 8.95. The van der Waals surface area contributed by atoms with Gasteiger partial charge in [0.1, 0.15) is 0 Å². The van der Waals surface area contributed by atoms with Gasteiger partial charge in [0.25, 0.3) is 0 Å². The van der Waals surface area contributed by atoms with Crippen molar-refractivity contribution >= 4 is 0 Å². The third kappa shape index (κ3) is 2.24. The maximum Gasteiger partial charge on any atom is -0.00135 e. The molecule has 0 amide bonds. The predicted octanol–water partition coefficient (Wildman–Crippen LogP) is 4.98. The Labute approximate surface area is 109 Å². The van der Waals surface area contributed by atoms with Crippen molar-refractivity contribution in [2.45, 2.75) is 25.7 Å². The molecule has 90 valence electrons. The van der Waals surface area contributed by atoms with Gasteiger partial charge in [-0.1, -0.05) is 60.7 Å². The molecule has 0 aliphatic heterocycles. The second kappa shape index (κ2) is 5.22. The number of benzene rings is 2. The van der Waals surface area contributed by atoms with Gasteiger partial charge in [-0.15, -0.1) is 0 Å². The number of allylic oxidation sites excluding steroid dienone is 2. The molecule has 2 aromatic carbocycles. The summed E-state index contributed by atoms with van der Waals surface area (Å²) in [5.41, 5.74) is 5.75. The predicted molar refractivity (Wildman–Crippen MR) is 77.7 cm³/mol. The Morgan fingerprint density at radius 3 is 1.56 bits per heavy atom. The zero-order valence-corrected chi connectivity index (χ0v) is 10.6. The van der Waals surface area contributed by atoms with E-state index in [1.54, 1.807) is 0 Å². The van der Waals surface area contributed by atoms with E-state index in [9.17, 15) is 0 Å². The fourth-order valence-corrected chi connectivity index (χ4v) is 2.67. The summed E-state index contributed by atoms with van der Waals surface area (Å²) in [6, 6.07) is 17.3. The number of rotatable bonds is 0. The standard InChI is InChI=1S/C13H10.C5H8/c1-3-7-12-10(5-1)9-11-6-2-4-8-13(11)12;1-2-4-5-3-1/h1-8H,9H2;1-2H,3-5H2. The highest BCUT2D eigenvalue weighted by atomic mass is 14.2. The van der Waals surface area contributed by atoms with Crippen LogP contribution >= 0.6 is 0 Å². The lowest BCUT2D eigenvalue weighted by atomic mass is 10.1. The van der Waals surface area contributed by atoms with Crippen LogP contribution in [-0.2, 0) is 6.42 Å². The highest BCUT2D eigenvalue weighted by Crippen LogP contribution is 2.35. The minimum absolute atomic E-state index is 1.10. The lowest BCUT2D eigenvalue weighted by Crippen LogP contribution is -1.77. The van der Waals surface area contributed by atoms with Crippen LogP contribution < -0.4 is 0 Å². The summed E-state index contributed by atoms with van der Waals surface area (Å²) in [7, 11) is 0. The van der Waals surface area contributed by atoms with Gasteiger partial charge in [-0.2, -0.15) is 0 Å². The van der Waals surface area contributed by atoms with Crippen molar-refractivity contribution in [3.63, 3.8) is 0 Å². The molecule has 0 saturated heterocycles. The fraction of sp³-hybridized carbons (Fsp3) is 0.222. The van der Waals surface area contributed by atoms with E-state index in [0.29, 0.717) is 0 Å². The molecule has 0 atom stereocenters. The molecule has 0 aromatic heterocycles. The monoisotopic (exact) mass is 234 g/mol. The molecule has 0 radical (unpaired) electrons. The van der Waals surface area contributed by atoms with Crippen molar-refractivity contribution in [1.82, 2.24) is 0 Å². The molecule has 2 aliphatic rings. The van der Waals surface area contributed by atoms with Gasteiger partial charge in [0.2, 0.25) is 0 Å². The third-order valence-electron chi connectivity index (χ3n) is 3.61. The topological polar surface area (TPSA) is 0 Å². The molecule has 18 heavy (non-hydrogen) atoms. The van der Waals surface area contributed by atoms with Crippen molar-refractivity contribution in [3.8, 4) is 11.1 Å². The van der Waals surface area contributed by atoms with E-state index in [2.05, 4.69) is 60.7 Å². The zero-order valence-electron chi connectivity index (χ0n) is 10.6. The molecule has 2 aromatic rings. The summed E-state index contributed by atoms with van der Waals surface area (Å²) in [5.74, 6) is 0. The first-order valence-corrected chi connectivity index (χ1v) is 6.76. The average Bonchev–Trinajstić information content (AvgIpc) is 3.10. The summed E-state index contributed by atoms with van der Waals surface area (Å²) in [5, 5.41) is 0. The Bertz CT molecular complexity index is 514. The van der Waals surface area contributed by atoms with E-state index < -0.39 is 0 Å². The molecule has 0 nitrogen and oxygen atoms in total. The zero-order chi connectivity index (χ0) is 12.2. The van der Waals surface area contributed by atoms with E-state index in [4.69, 9.17) is 0 Å². The van der Waals surface area contributed by atoms with Crippen molar-refractivity contribution < 1.29 is 0 Å². The lowest BCUT2D eigenvalue weighted by molar-refractivity contribution is 0.929. The van der Waals surface area contributed by atoms with Crippen molar-refractivity contribution in [2.24, 2.45) is 0 Å². The summed E-state index contributed by atoms with van der Waals surface area (Å²) in [4.78, 5) is 0. The second-order valence-corrected chi connectivity index (χ2v) is 4.89. The number of fused-ring (bicyclic) bond motifs is 3. The Kier molecular flexibility index (Phi) is 3.27. The van der Waals surface area contributed by atoms with Gasteiger partial charge < -0.3 is 0 Å². The first-order valence-electron chi connectivity index (χ1n) is 6.76. The van der Waals surface area contributed by atoms with E-state index in [1.165, 1.54) is 41.5 Å². The Balaban J connectivity index is 0.000000169. The summed E-state index contributed by atoms with van der Waals surface area (Å²) in [6.07, 6.45) is 9.60. The van der Waals surface area contributed by atoms with Crippen molar-refractivity contribution in [1.29, 1.82) is 0 Å². The van der Waals surface area contributed by atoms with Crippen LogP contribution in [0.5, 0.6) is 0 Å². The SMILES string of the molecule is C1=CCCC1.c1ccc2c(c1)Cc1ccccc1-2. The third-order valence-corrected chi connectivity index (χ3v) is 3.61. The number of hydrogen-bond donors (Lipinski definition) is 0. The van der Waals surface area contributed by atoms with Crippen LogP contribution in [0.1, 0.15) is 30.4 Å². The second-order valence-electron chi connectivity index (χ2n) is 4.89. The van der Waals surface area contributed by atoms with E-state index >= 15 is 0 Å². The van der Waals surface area contributed by atoms with Gasteiger partial charge in [-0.25, -0.2) is 0 Å². The molecular weight excluding hydrogens is 216 g/mol. The van der Waals surface area contributed by atoms with Crippen molar-refractivity contribution in [3.05, 3.63) is 71.8 Å². The summed E-state index contributed by atoms with van der Waals surface area (Å²) >= 11 is 0. The minimum atomic E-state index is 1.10. The first kappa shape index (κ1) is 11.3. The fourth-order valence-electron chi connectivity index (χ4n) is 2.67.